The van der Waals surface area contributed by atoms with Crippen molar-refractivity contribution in [2.75, 3.05) is 26.0 Å². The Balaban J connectivity index is 1.55. The van der Waals surface area contributed by atoms with Crippen LogP contribution in [0.25, 0.3) is 10.9 Å². The largest absolute Gasteiger partial charge is 0.383 e. The van der Waals surface area contributed by atoms with Crippen LogP contribution in [0.2, 0.25) is 5.02 Å². The van der Waals surface area contributed by atoms with Crippen molar-refractivity contribution >= 4 is 40.1 Å². The van der Waals surface area contributed by atoms with Crippen LogP contribution in [-0.2, 0) is 16.6 Å². The van der Waals surface area contributed by atoms with E-state index in [0.29, 0.717) is 36.1 Å². The van der Waals surface area contributed by atoms with Crippen LogP contribution in [0.15, 0.2) is 24.9 Å². The molecule has 0 radical (unpaired) electrons. The predicted octanol–water partition coefficient (Wildman–Crippen LogP) is 2.36. The van der Waals surface area contributed by atoms with Gasteiger partial charge in [0.2, 0.25) is 5.91 Å². The van der Waals surface area contributed by atoms with E-state index in [0.717, 1.165) is 23.7 Å². The van der Waals surface area contributed by atoms with Crippen molar-refractivity contribution in [2.24, 2.45) is 12.8 Å². The number of benzene rings is 1. The number of rotatable bonds is 6. The Hall–Kier alpha value is -3.81. The highest BCUT2D eigenvalue weighted by Gasteiger charge is 2.37. The first kappa shape index (κ1) is 24.9. The maximum atomic E-state index is 12.4. The van der Waals surface area contributed by atoms with Crippen molar-refractivity contribution in [1.82, 2.24) is 24.5 Å². The van der Waals surface area contributed by atoms with Crippen molar-refractivity contribution in [3.8, 4) is 11.8 Å². The first-order chi connectivity index (χ1) is 17.7. The number of amides is 2. The van der Waals surface area contributed by atoms with Crippen LogP contribution >= 0.6 is 11.6 Å². The molecular weight excluding hydrogens is 494 g/mol. The lowest BCUT2D eigenvalue weighted by atomic mass is 10.0. The fourth-order valence-electron chi connectivity index (χ4n) is 5.19. The third-order valence-corrected chi connectivity index (χ3v) is 7.37. The van der Waals surface area contributed by atoms with Crippen molar-refractivity contribution in [1.29, 1.82) is 0 Å². The quantitative estimate of drug-likeness (QED) is 0.378. The summed E-state index contributed by atoms with van der Waals surface area (Å²) >= 11 is 6.66. The molecule has 11 heteroatoms. The fourth-order valence-corrected chi connectivity index (χ4v) is 5.45. The Morgan fingerprint density at radius 2 is 2.11 bits per heavy atom. The summed E-state index contributed by atoms with van der Waals surface area (Å²) in [5, 5.41) is 10.3. The molecular formula is C26H28ClN7O3. The van der Waals surface area contributed by atoms with Gasteiger partial charge in [0.1, 0.15) is 11.4 Å². The second-order valence-corrected chi connectivity index (χ2v) is 9.90. The van der Waals surface area contributed by atoms with Gasteiger partial charge in [-0.3, -0.25) is 14.3 Å². The second-order valence-electron chi connectivity index (χ2n) is 9.49. The Labute approximate surface area is 219 Å². The van der Waals surface area contributed by atoms with Gasteiger partial charge in [0.15, 0.2) is 5.69 Å². The van der Waals surface area contributed by atoms with E-state index in [4.69, 9.17) is 27.8 Å². The van der Waals surface area contributed by atoms with Crippen LogP contribution in [-0.4, -0.2) is 62.6 Å². The van der Waals surface area contributed by atoms with Gasteiger partial charge < -0.3 is 21.1 Å². The number of nitrogens with two attached hydrogens (primary N) is 2. The molecule has 0 bridgehead atoms. The van der Waals surface area contributed by atoms with Gasteiger partial charge in [-0.25, -0.2) is 4.68 Å². The van der Waals surface area contributed by atoms with Crippen LogP contribution in [0.5, 0.6) is 0 Å². The summed E-state index contributed by atoms with van der Waals surface area (Å²) in [4.78, 5) is 26.4. The van der Waals surface area contributed by atoms with E-state index in [-0.39, 0.29) is 35.1 Å². The SMILES string of the molecule is C=CC(=O)N1C[C@@H](n2nc(C#Cc3c(Cl)cc(C4CC4)c4c3cnn4C)c(C(N)=O)c2N)C[C@@H]1COC. The van der Waals surface area contributed by atoms with Crippen molar-refractivity contribution < 1.29 is 14.3 Å². The zero-order valence-electron chi connectivity index (χ0n) is 20.7. The van der Waals surface area contributed by atoms with E-state index in [1.807, 2.05) is 17.8 Å². The van der Waals surface area contributed by atoms with Crippen molar-refractivity contribution in [3.63, 3.8) is 0 Å². The number of anilines is 1. The van der Waals surface area contributed by atoms with Crippen LogP contribution in [0, 0.1) is 11.8 Å². The number of fused-ring (bicyclic) bond motifs is 1. The topological polar surface area (TPSA) is 134 Å². The number of carbonyl (C=O) groups excluding carboxylic acids is 2. The van der Waals surface area contributed by atoms with Gasteiger partial charge in [0.05, 0.1) is 41.0 Å². The molecule has 1 aliphatic carbocycles. The highest BCUT2D eigenvalue weighted by atomic mass is 35.5. The van der Waals surface area contributed by atoms with E-state index >= 15 is 0 Å². The summed E-state index contributed by atoms with van der Waals surface area (Å²) in [6.07, 6.45) is 5.81. The van der Waals surface area contributed by atoms with Crippen LogP contribution < -0.4 is 11.5 Å². The second kappa shape index (κ2) is 9.57. The first-order valence-corrected chi connectivity index (χ1v) is 12.4. The highest BCUT2D eigenvalue weighted by molar-refractivity contribution is 6.33. The summed E-state index contributed by atoms with van der Waals surface area (Å²) in [7, 11) is 3.47. The molecule has 3 heterocycles. The van der Waals surface area contributed by atoms with E-state index in [2.05, 4.69) is 28.6 Å². The smallest absolute Gasteiger partial charge is 0.255 e. The Morgan fingerprint density at radius 1 is 1.35 bits per heavy atom. The number of aromatic nitrogens is 4. The van der Waals surface area contributed by atoms with Crippen molar-refractivity contribution in [2.45, 2.75) is 37.3 Å². The molecule has 2 aromatic heterocycles. The number of primary amides is 1. The molecule has 0 unspecified atom stereocenters. The Kier molecular flexibility index (Phi) is 6.43. The highest BCUT2D eigenvalue weighted by Crippen LogP contribution is 2.45. The van der Waals surface area contributed by atoms with Gasteiger partial charge in [-0.05, 0) is 48.8 Å². The normalized spacial score (nSPS) is 19.2. The van der Waals surface area contributed by atoms with Gasteiger partial charge >= 0.3 is 0 Å². The summed E-state index contributed by atoms with van der Waals surface area (Å²) in [6.45, 7) is 4.27. The number of aryl methyl sites for hydroxylation is 1. The van der Waals surface area contributed by atoms with Gasteiger partial charge in [-0.15, -0.1) is 0 Å². The molecule has 1 aliphatic heterocycles. The number of carbonyl (C=O) groups is 2. The molecule has 2 aliphatic rings. The van der Waals surface area contributed by atoms with Crippen LogP contribution in [0.4, 0.5) is 5.82 Å². The number of likely N-dealkylation sites (tertiary alicyclic amines) is 1. The maximum Gasteiger partial charge on any atom is 0.255 e. The molecule has 1 saturated heterocycles. The maximum absolute atomic E-state index is 12.4. The third kappa shape index (κ3) is 4.34. The Morgan fingerprint density at radius 3 is 2.76 bits per heavy atom. The zero-order valence-corrected chi connectivity index (χ0v) is 21.5. The van der Waals surface area contributed by atoms with Gasteiger partial charge in [-0.1, -0.05) is 24.1 Å². The standard InChI is InChI=1S/C26H28ClN7O3/c1-4-22(35)33-12-15(9-16(33)13-37-3)34-25(28)23(26(29)36)21(31-34)8-7-17-19-11-30-32(2)24(19)18(10-20(17)27)14-5-6-14/h4,10-11,14-16H,1,5-6,9,12-13,28H2,2-3H3,(H2,29,36)/t15-,16+/m0/s1. The predicted molar refractivity (Wildman–Crippen MR) is 140 cm³/mol. The summed E-state index contributed by atoms with van der Waals surface area (Å²) < 4.78 is 8.65. The number of hydrogen-bond acceptors (Lipinski definition) is 6. The number of hydrogen-bond donors (Lipinski definition) is 2. The number of nitrogens with zero attached hydrogens (tertiary/aromatic N) is 5. The first-order valence-electron chi connectivity index (χ1n) is 12.0. The monoisotopic (exact) mass is 521 g/mol. The molecule has 37 heavy (non-hydrogen) atoms. The minimum atomic E-state index is -0.736. The lowest BCUT2D eigenvalue weighted by molar-refractivity contribution is -0.127. The third-order valence-electron chi connectivity index (χ3n) is 7.07. The summed E-state index contributed by atoms with van der Waals surface area (Å²) in [5.41, 5.74) is 15.0. The number of ether oxygens (including phenoxy) is 1. The molecule has 2 fully saturated rings. The molecule has 3 aromatic rings. The molecule has 10 nitrogen and oxygen atoms in total. The molecule has 2 atom stereocenters. The molecule has 2 amide bonds. The van der Waals surface area contributed by atoms with Crippen molar-refractivity contribution in [3.05, 3.63) is 52.3 Å². The lowest BCUT2D eigenvalue weighted by Gasteiger charge is -2.22. The molecule has 5 rings (SSSR count). The van der Waals surface area contributed by atoms with E-state index in [9.17, 15) is 9.59 Å². The summed E-state index contributed by atoms with van der Waals surface area (Å²) in [6, 6.07) is 1.48. The number of nitrogen functional groups attached to an aromatic ring is 1. The molecule has 192 valence electrons. The van der Waals surface area contributed by atoms with Crippen LogP contribution in [0.3, 0.4) is 0 Å². The average Bonchev–Trinajstić information content (AvgIpc) is 3.39. The fraction of sp³-hybridized carbons (Fsp3) is 0.385. The minimum Gasteiger partial charge on any atom is -0.383 e. The van der Waals surface area contributed by atoms with Gasteiger partial charge in [-0.2, -0.15) is 10.2 Å². The van der Waals surface area contributed by atoms with Crippen LogP contribution in [0.1, 0.15) is 58.4 Å². The summed E-state index contributed by atoms with van der Waals surface area (Å²) in [5.74, 6) is 5.71. The number of methoxy groups -OCH3 is 1. The average molecular weight is 522 g/mol. The Bertz CT molecular complexity index is 1490. The lowest BCUT2D eigenvalue weighted by Crippen LogP contribution is -2.37. The van der Waals surface area contributed by atoms with E-state index in [1.165, 1.54) is 16.3 Å². The molecule has 4 N–H and O–H groups in total. The molecule has 0 spiro atoms. The van der Waals surface area contributed by atoms with E-state index in [1.54, 1.807) is 18.2 Å². The number of halogens is 1. The molecule has 1 saturated carbocycles. The zero-order chi connectivity index (χ0) is 26.4. The van der Waals surface area contributed by atoms with Gasteiger partial charge in [0, 0.05) is 26.1 Å². The van der Waals surface area contributed by atoms with E-state index < -0.39 is 5.91 Å². The van der Waals surface area contributed by atoms with Gasteiger partial charge in [0.25, 0.3) is 5.91 Å². The molecule has 1 aromatic carbocycles. The minimum absolute atomic E-state index is 0.0393.